The molecule has 0 aliphatic carbocycles. The van der Waals surface area contributed by atoms with Crippen LogP contribution in [0.1, 0.15) is 23.8 Å². The molecule has 86 valence electrons. The number of rotatable bonds is 6. The third-order valence-corrected chi connectivity index (χ3v) is 4.33. The summed E-state index contributed by atoms with van der Waals surface area (Å²) >= 11 is 3.62. The number of nitrogens with one attached hydrogen (secondary N) is 1. The van der Waals surface area contributed by atoms with Crippen molar-refractivity contribution in [3.63, 3.8) is 0 Å². The van der Waals surface area contributed by atoms with E-state index in [-0.39, 0.29) is 0 Å². The molecule has 0 fully saturated rings. The van der Waals surface area contributed by atoms with E-state index >= 15 is 0 Å². The highest BCUT2D eigenvalue weighted by Crippen LogP contribution is 2.13. The van der Waals surface area contributed by atoms with Crippen LogP contribution in [-0.2, 0) is 13.0 Å². The Kier molecular flexibility index (Phi) is 4.57. The van der Waals surface area contributed by atoms with Gasteiger partial charge in [-0.15, -0.1) is 11.3 Å². The molecule has 2 heterocycles. The van der Waals surface area contributed by atoms with E-state index in [0.717, 1.165) is 13.0 Å². The summed E-state index contributed by atoms with van der Waals surface area (Å²) in [7, 11) is 0. The van der Waals surface area contributed by atoms with Gasteiger partial charge in [0, 0.05) is 17.5 Å². The van der Waals surface area contributed by atoms with Crippen molar-refractivity contribution in [1.29, 1.82) is 0 Å². The summed E-state index contributed by atoms with van der Waals surface area (Å²) < 4.78 is 0. The van der Waals surface area contributed by atoms with E-state index in [4.69, 9.17) is 0 Å². The Bertz CT molecular complexity index is 378. The topological polar surface area (TPSA) is 12.0 Å². The standard InChI is InChI=1S/C13H17NS2/c1-2-12(8-13-4-3-6-16-13)14-9-11-5-7-15-10-11/h3-7,10,12,14H,2,8-9H2,1H3. The smallest absolute Gasteiger partial charge is 0.0216 e. The van der Waals surface area contributed by atoms with Crippen LogP contribution in [0, 0.1) is 0 Å². The van der Waals surface area contributed by atoms with Crippen LogP contribution in [0.4, 0.5) is 0 Å². The van der Waals surface area contributed by atoms with E-state index in [0.29, 0.717) is 6.04 Å². The quantitative estimate of drug-likeness (QED) is 0.820. The summed E-state index contributed by atoms with van der Waals surface area (Å²) in [6.07, 6.45) is 2.33. The molecule has 0 spiro atoms. The highest BCUT2D eigenvalue weighted by atomic mass is 32.1. The van der Waals surface area contributed by atoms with Crippen molar-refractivity contribution in [2.45, 2.75) is 32.4 Å². The molecule has 0 saturated heterocycles. The molecule has 0 saturated carbocycles. The summed E-state index contributed by atoms with van der Waals surface area (Å²) in [6, 6.07) is 7.14. The molecule has 0 radical (unpaired) electrons. The summed E-state index contributed by atoms with van der Waals surface area (Å²) in [4.78, 5) is 1.48. The van der Waals surface area contributed by atoms with Gasteiger partial charge in [0.2, 0.25) is 0 Å². The second-order valence-electron chi connectivity index (χ2n) is 3.90. The van der Waals surface area contributed by atoms with Crippen LogP contribution in [0.15, 0.2) is 34.3 Å². The molecule has 0 aliphatic heterocycles. The lowest BCUT2D eigenvalue weighted by Gasteiger charge is -2.15. The molecule has 1 atom stereocenters. The van der Waals surface area contributed by atoms with Gasteiger partial charge in [0.15, 0.2) is 0 Å². The molecule has 0 aliphatic rings. The van der Waals surface area contributed by atoms with Crippen molar-refractivity contribution in [3.05, 3.63) is 44.8 Å². The average Bonchev–Trinajstić information content (AvgIpc) is 2.97. The first-order chi connectivity index (χ1) is 7.88. The van der Waals surface area contributed by atoms with Crippen LogP contribution < -0.4 is 5.32 Å². The fraction of sp³-hybridized carbons (Fsp3) is 0.385. The molecule has 3 heteroatoms. The summed E-state index contributed by atoms with van der Waals surface area (Å²) in [5, 5.41) is 10.1. The molecule has 2 aromatic heterocycles. The van der Waals surface area contributed by atoms with Gasteiger partial charge in [0.05, 0.1) is 0 Å². The molecule has 0 bridgehead atoms. The van der Waals surface area contributed by atoms with Crippen molar-refractivity contribution in [2.75, 3.05) is 0 Å². The Morgan fingerprint density at radius 1 is 1.31 bits per heavy atom. The Hall–Kier alpha value is -0.640. The minimum atomic E-state index is 0.596. The van der Waals surface area contributed by atoms with E-state index < -0.39 is 0 Å². The predicted octanol–water partition coefficient (Wildman–Crippen LogP) is 3.92. The molecule has 1 nitrogen and oxygen atoms in total. The van der Waals surface area contributed by atoms with Crippen molar-refractivity contribution in [3.8, 4) is 0 Å². The zero-order valence-electron chi connectivity index (χ0n) is 9.48. The lowest BCUT2D eigenvalue weighted by molar-refractivity contribution is 0.497. The van der Waals surface area contributed by atoms with Crippen molar-refractivity contribution in [1.82, 2.24) is 5.32 Å². The zero-order chi connectivity index (χ0) is 11.2. The van der Waals surface area contributed by atoms with E-state index in [1.165, 1.54) is 16.9 Å². The lowest BCUT2D eigenvalue weighted by atomic mass is 10.1. The van der Waals surface area contributed by atoms with E-state index in [1.54, 1.807) is 11.3 Å². The lowest BCUT2D eigenvalue weighted by Crippen LogP contribution is -2.29. The van der Waals surface area contributed by atoms with Crippen molar-refractivity contribution >= 4 is 22.7 Å². The number of hydrogen-bond donors (Lipinski definition) is 1. The Balaban J connectivity index is 1.81. The summed E-state index contributed by atoms with van der Waals surface area (Å²) in [5.74, 6) is 0. The van der Waals surface area contributed by atoms with Gasteiger partial charge in [-0.25, -0.2) is 0 Å². The second kappa shape index (κ2) is 6.18. The average molecular weight is 251 g/mol. The van der Waals surface area contributed by atoms with Crippen LogP contribution in [0.3, 0.4) is 0 Å². The molecule has 16 heavy (non-hydrogen) atoms. The zero-order valence-corrected chi connectivity index (χ0v) is 11.1. The van der Waals surface area contributed by atoms with E-state index in [2.05, 4.69) is 46.6 Å². The SMILES string of the molecule is CCC(Cc1cccs1)NCc1ccsc1. The van der Waals surface area contributed by atoms with Gasteiger partial charge in [-0.1, -0.05) is 13.0 Å². The number of hydrogen-bond acceptors (Lipinski definition) is 3. The van der Waals surface area contributed by atoms with Gasteiger partial charge in [-0.05, 0) is 46.7 Å². The van der Waals surface area contributed by atoms with E-state index in [1.807, 2.05) is 11.3 Å². The second-order valence-corrected chi connectivity index (χ2v) is 5.71. The third kappa shape index (κ3) is 3.44. The fourth-order valence-corrected chi connectivity index (χ4v) is 3.14. The Morgan fingerprint density at radius 2 is 2.25 bits per heavy atom. The monoisotopic (exact) mass is 251 g/mol. The summed E-state index contributed by atoms with van der Waals surface area (Å²) in [6.45, 7) is 3.24. The minimum Gasteiger partial charge on any atom is -0.310 e. The van der Waals surface area contributed by atoms with Crippen LogP contribution in [-0.4, -0.2) is 6.04 Å². The van der Waals surface area contributed by atoms with Gasteiger partial charge in [-0.3, -0.25) is 0 Å². The summed E-state index contributed by atoms with van der Waals surface area (Å²) in [5.41, 5.74) is 1.40. The van der Waals surface area contributed by atoms with Gasteiger partial charge < -0.3 is 5.32 Å². The Labute approximate surface area is 105 Å². The van der Waals surface area contributed by atoms with Gasteiger partial charge in [0.1, 0.15) is 0 Å². The normalized spacial score (nSPS) is 12.8. The molecular weight excluding hydrogens is 234 g/mol. The maximum atomic E-state index is 3.62. The molecule has 1 unspecified atom stereocenters. The molecule has 1 N–H and O–H groups in total. The van der Waals surface area contributed by atoms with Crippen molar-refractivity contribution in [2.24, 2.45) is 0 Å². The van der Waals surface area contributed by atoms with Crippen LogP contribution in [0.2, 0.25) is 0 Å². The fourth-order valence-electron chi connectivity index (χ4n) is 1.69. The largest absolute Gasteiger partial charge is 0.310 e. The van der Waals surface area contributed by atoms with Gasteiger partial charge in [0.25, 0.3) is 0 Å². The van der Waals surface area contributed by atoms with Crippen LogP contribution in [0.25, 0.3) is 0 Å². The van der Waals surface area contributed by atoms with E-state index in [9.17, 15) is 0 Å². The minimum absolute atomic E-state index is 0.596. The molecule has 2 aromatic rings. The van der Waals surface area contributed by atoms with Gasteiger partial charge in [-0.2, -0.15) is 11.3 Å². The Morgan fingerprint density at radius 3 is 2.88 bits per heavy atom. The van der Waals surface area contributed by atoms with Crippen molar-refractivity contribution < 1.29 is 0 Å². The van der Waals surface area contributed by atoms with Crippen LogP contribution >= 0.6 is 22.7 Å². The maximum Gasteiger partial charge on any atom is 0.0216 e. The first kappa shape index (κ1) is 11.8. The number of thiophene rings is 2. The highest BCUT2D eigenvalue weighted by Gasteiger charge is 2.07. The molecule has 2 rings (SSSR count). The molecular formula is C13H17NS2. The molecule has 0 amide bonds. The highest BCUT2D eigenvalue weighted by molar-refractivity contribution is 7.09. The van der Waals surface area contributed by atoms with Crippen LogP contribution in [0.5, 0.6) is 0 Å². The first-order valence-electron chi connectivity index (χ1n) is 5.65. The predicted molar refractivity (Wildman–Crippen MR) is 73.3 cm³/mol. The maximum absolute atomic E-state index is 3.62. The van der Waals surface area contributed by atoms with Gasteiger partial charge >= 0.3 is 0 Å². The third-order valence-electron chi connectivity index (χ3n) is 2.70. The first-order valence-corrected chi connectivity index (χ1v) is 7.47. The molecule has 0 aromatic carbocycles.